The molecule has 3 rings (SSSR count). The van der Waals surface area contributed by atoms with E-state index in [0.717, 1.165) is 5.56 Å². The molecule has 7 heteroatoms. The minimum atomic E-state index is -3.97. The normalized spacial score (nSPS) is 13.6. The Morgan fingerprint density at radius 3 is 2.13 bits per heavy atom. The second kappa shape index (κ2) is 9.31. The number of hydrogen-bond acceptors (Lipinski definition) is 2. The third-order valence-corrected chi connectivity index (χ3v) is 6.94. The lowest BCUT2D eigenvalue weighted by Crippen LogP contribution is -2.33. The second-order valence-electron chi connectivity index (χ2n) is 6.92. The Kier molecular flexibility index (Phi) is 6.98. The van der Waals surface area contributed by atoms with Crippen LogP contribution in [0.25, 0.3) is 0 Å². The molecule has 0 radical (unpaired) electrons. The lowest BCUT2D eigenvalue weighted by Gasteiger charge is -2.28. The molecule has 2 unspecified atom stereocenters. The number of nitrogens with one attached hydrogen (secondary N) is 1. The third kappa shape index (κ3) is 5.10. The van der Waals surface area contributed by atoms with Crippen molar-refractivity contribution in [3.8, 4) is 0 Å². The molecule has 1 N–H and O–H groups in total. The predicted octanol–water partition coefficient (Wildman–Crippen LogP) is 6.59. The fourth-order valence-electron chi connectivity index (χ4n) is 3.20. The average Bonchev–Trinajstić information content (AvgIpc) is 2.70. The zero-order valence-electron chi connectivity index (χ0n) is 16.1. The van der Waals surface area contributed by atoms with E-state index in [1.807, 2.05) is 6.92 Å². The predicted molar refractivity (Wildman–Crippen MR) is 120 cm³/mol. The van der Waals surface area contributed by atoms with Crippen molar-refractivity contribution in [2.75, 3.05) is 0 Å². The molecular formula is C23H20Cl2FNO2S. The molecule has 3 nitrogen and oxygen atoms in total. The topological polar surface area (TPSA) is 46.2 Å². The standard InChI is InChI=1S/C23H20Cl2FNO2S/c1-15-8-11-19(12-9-15)30(28,29)27-23(18-10-13-20(24)21(25)14-18)22(16(2)26)17-6-4-3-5-7-17/h3-14,22-23,27H,2H2,1H3. The van der Waals surface area contributed by atoms with Crippen molar-refractivity contribution in [1.29, 1.82) is 0 Å². The molecule has 0 amide bonds. The molecule has 0 saturated carbocycles. The summed E-state index contributed by atoms with van der Waals surface area (Å²) in [6.45, 7) is 5.33. The Labute approximate surface area is 186 Å². The Morgan fingerprint density at radius 2 is 1.57 bits per heavy atom. The van der Waals surface area contributed by atoms with Gasteiger partial charge in [-0.3, -0.25) is 0 Å². The number of sulfonamides is 1. The first-order valence-electron chi connectivity index (χ1n) is 9.12. The molecule has 0 fully saturated rings. The van der Waals surface area contributed by atoms with Gasteiger partial charge in [0.25, 0.3) is 0 Å². The summed E-state index contributed by atoms with van der Waals surface area (Å²) >= 11 is 12.2. The van der Waals surface area contributed by atoms with E-state index in [2.05, 4.69) is 11.3 Å². The molecule has 30 heavy (non-hydrogen) atoms. The minimum absolute atomic E-state index is 0.0782. The van der Waals surface area contributed by atoms with Gasteiger partial charge in [0, 0.05) is 0 Å². The highest BCUT2D eigenvalue weighted by molar-refractivity contribution is 7.89. The summed E-state index contributed by atoms with van der Waals surface area (Å²) in [6.07, 6.45) is 0. The molecule has 0 spiro atoms. The molecular weight excluding hydrogens is 444 g/mol. The van der Waals surface area contributed by atoms with E-state index >= 15 is 0 Å². The molecule has 2 atom stereocenters. The molecule has 0 aliphatic carbocycles. The SMILES string of the molecule is C=C(F)C(c1ccccc1)C(NS(=O)(=O)c1ccc(C)cc1)c1ccc(Cl)c(Cl)c1. The summed E-state index contributed by atoms with van der Waals surface area (Å²) in [7, 11) is -3.97. The Morgan fingerprint density at radius 1 is 0.933 bits per heavy atom. The van der Waals surface area contributed by atoms with Gasteiger partial charge in [0.1, 0.15) is 5.83 Å². The van der Waals surface area contributed by atoms with Crippen molar-refractivity contribution in [3.05, 3.63) is 112 Å². The fraction of sp³-hybridized carbons (Fsp3) is 0.130. The van der Waals surface area contributed by atoms with Gasteiger partial charge in [-0.15, -0.1) is 0 Å². The van der Waals surface area contributed by atoms with Crippen molar-refractivity contribution in [1.82, 2.24) is 4.72 Å². The van der Waals surface area contributed by atoms with E-state index in [9.17, 15) is 12.8 Å². The maximum atomic E-state index is 14.7. The van der Waals surface area contributed by atoms with Crippen molar-refractivity contribution in [2.45, 2.75) is 23.8 Å². The molecule has 0 saturated heterocycles. The Hall–Kier alpha value is -2.18. The van der Waals surface area contributed by atoms with Crippen LogP contribution < -0.4 is 4.72 Å². The van der Waals surface area contributed by atoms with Crippen LogP contribution in [0.5, 0.6) is 0 Å². The first-order chi connectivity index (χ1) is 14.2. The van der Waals surface area contributed by atoms with Crippen LogP contribution in [0.4, 0.5) is 4.39 Å². The van der Waals surface area contributed by atoms with E-state index in [1.54, 1.807) is 54.6 Å². The van der Waals surface area contributed by atoms with Gasteiger partial charge in [-0.05, 0) is 42.3 Å². The fourth-order valence-corrected chi connectivity index (χ4v) is 4.74. The van der Waals surface area contributed by atoms with Crippen molar-refractivity contribution in [3.63, 3.8) is 0 Å². The van der Waals surface area contributed by atoms with Crippen molar-refractivity contribution < 1.29 is 12.8 Å². The van der Waals surface area contributed by atoms with Crippen LogP contribution >= 0.6 is 23.2 Å². The third-order valence-electron chi connectivity index (χ3n) is 4.75. The number of hydrogen-bond donors (Lipinski definition) is 1. The Bertz CT molecular complexity index is 1150. The zero-order chi connectivity index (χ0) is 21.9. The van der Waals surface area contributed by atoms with Gasteiger partial charge < -0.3 is 0 Å². The van der Waals surface area contributed by atoms with Crippen LogP contribution in [0, 0.1) is 6.92 Å². The van der Waals surface area contributed by atoms with Gasteiger partial charge in [0.15, 0.2) is 0 Å². The molecule has 3 aromatic carbocycles. The molecule has 0 bridgehead atoms. The zero-order valence-corrected chi connectivity index (χ0v) is 18.5. The highest BCUT2D eigenvalue weighted by Gasteiger charge is 2.32. The van der Waals surface area contributed by atoms with Crippen molar-refractivity contribution in [2.24, 2.45) is 0 Å². The van der Waals surface area contributed by atoms with Crippen LogP contribution in [0.1, 0.15) is 28.7 Å². The molecule has 0 aliphatic rings. The summed E-state index contributed by atoms with van der Waals surface area (Å²) in [6, 6.07) is 18.9. The quantitative estimate of drug-likeness (QED) is 0.429. The Balaban J connectivity index is 2.12. The molecule has 0 aliphatic heterocycles. The minimum Gasteiger partial charge on any atom is -0.212 e. The molecule has 3 aromatic rings. The number of halogens is 3. The van der Waals surface area contributed by atoms with E-state index < -0.39 is 27.8 Å². The summed E-state index contributed by atoms with van der Waals surface area (Å²) in [5.74, 6) is -1.65. The van der Waals surface area contributed by atoms with Crippen LogP contribution in [-0.4, -0.2) is 8.42 Å². The molecule has 0 aromatic heterocycles. The van der Waals surface area contributed by atoms with Crippen LogP contribution in [-0.2, 0) is 10.0 Å². The van der Waals surface area contributed by atoms with E-state index in [4.69, 9.17) is 23.2 Å². The highest BCUT2D eigenvalue weighted by Crippen LogP contribution is 2.39. The lowest BCUT2D eigenvalue weighted by molar-refractivity contribution is 0.461. The maximum absolute atomic E-state index is 14.7. The van der Waals surface area contributed by atoms with E-state index in [0.29, 0.717) is 16.1 Å². The van der Waals surface area contributed by atoms with Gasteiger partial charge in [0.2, 0.25) is 10.0 Å². The number of benzene rings is 3. The first-order valence-corrected chi connectivity index (χ1v) is 11.4. The van der Waals surface area contributed by atoms with Crippen LogP contribution in [0.2, 0.25) is 10.0 Å². The maximum Gasteiger partial charge on any atom is 0.241 e. The van der Waals surface area contributed by atoms with E-state index in [1.165, 1.54) is 18.2 Å². The van der Waals surface area contributed by atoms with Crippen molar-refractivity contribution >= 4 is 33.2 Å². The van der Waals surface area contributed by atoms with Gasteiger partial charge >= 0.3 is 0 Å². The number of aryl methyl sites for hydroxylation is 1. The van der Waals surface area contributed by atoms with Crippen LogP contribution in [0.3, 0.4) is 0 Å². The van der Waals surface area contributed by atoms with Gasteiger partial charge in [-0.2, -0.15) is 0 Å². The largest absolute Gasteiger partial charge is 0.241 e. The summed E-state index contributed by atoms with van der Waals surface area (Å²) in [4.78, 5) is 0.0782. The molecule has 156 valence electrons. The number of rotatable bonds is 7. The smallest absolute Gasteiger partial charge is 0.212 e. The average molecular weight is 464 g/mol. The first kappa shape index (κ1) is 22.5. The highest BCUT2D eigenvalue weighted by atomic mass is 35.5. The summed E-state index contributed by atoms with van der Waals surface area (Å²) < 4.78 is 43.6. The lowest BCUT2D eigenvalue weighted by atomic mass is 9.87. The molecule has 0 heterocycles. The van der Waals surface area contributed by atoms with Gasteiger partial charge in [-0.25, -0.2) is 17.5 Å². The van der Waals surface area contributed by atoms with Gasteiger partial charge in [-0.1, -0.05) is 83.9 Å². The van der Waals surface area contributed by atoms with Gasteiger partial charge in [0.05, 0.1) is 26.9 Å². The van der Waals surface area contributed by atoms with Crippen LogP contribution in [0.15, 0.2) is 90.1 Å². The summed E-state index contributed by atoms with van der Waals surface area (Å²) in [5.41, 5.74) is 1.97. The second-order valence-corrected chi connectivity index (χ2v) is 9.45. The van der Waals surface area contributed by atoms with E-state index in [-0.39, 0.29) is 9.92 Å². The monoisotopic (exact) mass is 463 g/mol. The summed E-state index contributed by atoms with van der Waals surface area (Å²) in [5, 5.41) is 0.556.